The van der Waals surface area contributed by atoms with Gasteiger partial charge in [0.2, 0.25) is 0 Å². The van der Waals surface area contributed by atoms with E-state index in [1.807, 2.05) is 12.1 Å². The standard InChI is InChI=1S/C20H17F3N2O2/c21-20(22,23)16-8-5-14(6-9-16)17(3-1-4-19(26)27)15-7-10-18(24-13-15)25-11-2-12-25/h1,3-10,13H,2,11-12H2,(H,26,27)/b4-1+,17-3+. The van der Waals surface area contributed by atoms with E-state index < -0.39 is 17.7 Å². The Kier molecular flexibility index (Phi) is 5.30. The third-order valence-electron chi connectivity index (χ3n) is 4.26. The van der Waals surface area contributed by atoms with Gasteiger partial charge in [-0.25, -0.2) is 9.78 Å². The zero-order chi connectivity index (χ0) is 19.4. The summed E-state index contributed by atoms with van der Waals surface area (Å²) < 4.78 is 38.4. The molecule has 1 N–H and O–H groups in total. The molecule has 140 valence electrons. The highest BCUT2D eigenvalue weighted by Gasteiger charge is 2.30. The van der Waals surface area contributed by atoms with Crippen LogP contribution in [0.15, 0.2) is 60.8 Å². The van der Waals surface area contributed by atoms with E-state index >= 15 is 0 Å². The van der Waals surface area contributed by atoms with Gasteiger partial charge in [0.15, 0.2) is 0 Å². The second-order valence-corrected chi connectivity index (χ2v) is 6.10. The van der Waals surface area contributed by atoms with Gasteiger partial charge in [-0.3, -0.25) is 0 Å². The van der Waals surface area contributed by atoms with Crippen LogP contribution in [0.5, 0.6) is 0 Å². The van der Waals surface area contributed by atoms with E-state index in [0.717, 1.165) is 43.5 Å². The number of carboxylic acids is 1. The van der Waals surface area contributed by atoms with Crippen molar-refractivity contribution in [2.75, 3.05) is 18.0 Å². The van der Waals surface area contributed by atoms with Gasteiger partial charge in [0.05, 0.1) is 5.56 Å². The first-order valence-corrected chi connectivity index (χ1v) is 8.35. The smallest absolute Gasteiger partial charge is 0.416 e. The van der Waals surface area contributed by atoms with Crippen LogP contribution in [0.25, 0.3) is 5.57 Å². The van der Waals surface area contributed by atoms with Gasteiger partial charge in [0.25, 0.3) is 0 Å². The molecule has 0 unspecified atom stereocenters. The van der Waals surface area contributed by atoms with Crippen molar-refractivity contribution in [3.63, 3.8) is 0 Å². The first-order valence-electron chi connectivity index (χ1n) is 8.35. The Hall–Kier alpha value is -3.09. The Morgan fingerprint density at radius 3 is 2.22 bits per heavy atom. The highest BCUT2D eigenvalue weighted by molar-refractivity contribution is 5.84. The number of benzene rings is 1. The van der Waals surface area contributed by atoms with E-state index in [-0.39, 0.29) is 0 Å². The summed E-state index contributed by atoms with van der Waals surface area (Å²) in [6.45, 7) is 1.91. The Balaban J connectivity index is 1.94. The van der Waals surface area contributed by atoms with Gasteiger partial charge in [0.1, 0.15) is 5.82 Å². The second kappa shape index (κ2) is 7.65. The number of allylic oxidation sites excluding steroid dienone is 2. The molecule has 0 saturated carbocycles. The summed E-state index contributed by atoms with van der Waals surface area (Å²) in [6.07, 6.45) is 2.22. The number of nitrogens with zero attached hydrogens (tertiary/aromatic N) is 2. The van der Waals surface area contributed by atoms with Crippen LogP contribution >= 0.6 is 0 Å². The molecular weight excluding hydrogens is 357 g/mol. The van der Waals surface area contributed by atoms with E-state index in [0.29, 0.717) is 16.7 Å². The van der Waals surface area contributed by atoms with Gasteiger partial charge < -0.3 is 10.0 Å². The van der Waals surface area contributed by atoms with Crippen LogP contribution < -0.4 is 4.90 Å². The average molecular weight is 374 g/mol. The number of alkyl halides is 3. The number of aromatic nitrogens is 1. The second-order valence-electron chi connectivity index (χ2n) is 6.10. The highest BCUT2D eigenvalue weighted by atomic mass is 19.4. The molecule has 2 aromatic rings. The van der Waals surface area contributed by atoms with E-state index in [2.05, 4.69) is 9.88 Å². The zero-order valence-corrected chi connectivity index (χ0v) is 14.3. The molecule has 2 heterocycles. The number of halogens is 3. The van der Waals surface area contributed by atoms with Gasteiger partial charge in [-0.2, -0.15) is 13.2 Å². The van der Waals surface area contributed by atoms with Crippen molar-refractivity contribution in [3.8, 4) is 0 Å². The minimum Gasteiger partial charge on any atom is -0.478 e. The highest BCUT2D eigenvalue weighted by Crippen LogP contribution is 2.31. The number of pyridine rings is 1. The van der Waals surface area contributed by atoms with Crippen molar-refractivity contribution < 1.29 is 23.1 Å². The summed E-state index contributed by atoms with van der Waals surface area (Å²) in [5.41, 5.74) is 1.08. The molecule has 1 aromatic carbocycles. The fourth-order valence-electron chi connectivity index (χ4n) is 2.70. The molecule has 0 bridgehead atoms. The molecule has 0 atom stereocenters. The summed E-state index contributed by atoms with van der Waals surface area (Å²) in [6, 6.07) is 8.43. The van der Waals surface area contributed by atoms with Crippen molar-refractivity contribution in [1.82, 2.24) is 4.98 Å². The predicted octanol–water partition coefficient (Wildman–Crippen LogP) is 4.38. The molecule has 4 nitrogen and oxygen atoms in total. The van der Waals surface area contributed by atoms with Gasteiger partial charge in [-0.05, 0) is 41.8 Å². The lowest BCUT2D eigenvalue weighted by Gasteiger charge is -2.32. The number of carboxylic acid groups (broad SMARTS) is 1. The van der Waals surface area contributed by atoms with Gasteiger partial charge in [-0.15, -0.1) is 0 Å². The first-order chi connectivity index (χ1) is 12.8. The lowest BCUT2D eigenvalue weighted by Crippen LogP contribution is -2.37. The SMILES string of the molecule is O=C(O)/C=C/C=C(\c1ccc(C(F)(F)F)cc1)c1ccc(N2CCC2)nc1. The molecule has 1 aliphatic rings. The van der Waals surface area contributed by atoms with Gasteiger partial charge >= 0.3 is 12.1 Å². The van der Waals surface area contributed by atoms with E-state index in [4.69, 9.17) is 5.11 Å². The van der Waals surface area contributed by atoms with Crippen LogP contribution in [0.1, 0.15) is 23.1 Å². The molecule has 3 rings (SSSR count). The fraction of sp³-hybridized carbons (Fsp3) is 0.200. The third kappa shape index (κ3) is 4.55. The topological polar surface area (TPSA) is 53.4 Å². The maximum atomic E-state index is 12.8. The fourth-order valence-corrected chi connectivity index (χ4v) is 2.70. The lowest BCUT2D eigenvalue weighted by atomic mass is 9.97. The number of rotatable bonds is 5. The van der Waals surface area contributed by atoms with Crippen LogP contribution in [-0.2, 0) is 11.0 Å². The number of anilines is 1. The molecule has 7 heteroatoms. The maximum Gasteiger partial charge on any atom is 0.416 e. The predicted molar refractivity (Wildman–Crippen MR) is 96.4 cm³/mol. The Morgan fingerprint density at radius 2 is 1.74 bits per heavy atom. The molecule has 1 fully saturated rings. The largest absolute Gasteiger partial charge is 0.478 e. The van der Waals surface area contributed by atoms with Crippen LogP contribution in [0.3, 0.4) is 0 Å². The zero-order valence-electron chi connectivity index (χ0n) is 14.3. The molecule has 0 aliphatic carbocycles. The lowest BCUT2D eigenvalue weighted by molar-refractivity contribution is -0.137. The number of aliphatic carboxylic acids is 1. The van der Waals surface area contributed by atoms with Crippen LogP contribution in [0.2, 0.25) is 0 Å². The van der Waals surface area contributed by atoms with Crippen molar-refractivity contribution in [1.29, 1.82) is 0 Å². The van der Waals surface area contributed by atoms with Gasteiger partial charge in [0, 0.05) is 30.9 Å². The Morgan fingerprint density at radius 1 is 1.07 bits per heavy atom. The minimum absolute atomic E-state index is 0.538. The van der Waals surface area contributed by atoms with Crippen molar-refractivity contribution >= 4 is 17.4 Å². The quantitative estimate of drug-likeness (QED) is 0.623. The molecule has 1 aromatic heterocycles. The average Bonchev–Trinajstić information content (AvgIpc) is 2.57. The summed E-state index contributed by atoms with van der Waals surface area (Å²) in [5, 5.41) is 8.77. The summed E-state index contributed by atoms with van der Waals surface area (Å²) in [4.78, 5) is 17.2. The Labute approximate surface area is 154 Å². The van der Waals surface area contributed by atoms with Crippen LogP contribution in [0, 0.1) is 0 Å². The molecule has 0 radical (unpaired) electrons. The van der Waals surface area contributed by atoms with Crippen LogP contribution in [0.4, 0.5) is 19.0 Å². The summed E-state index contributed by atoms with van der Waals surface area (Å²) >= 11 is 0. The Bertz CT molecular complexity index is 866. The van der Waals surface area contributed by atoms with E-state index in [1.54, 1.807) is 12.3 Å². The molecule has 0 spiro atoms. The number of hydrogen-bond acceptors (Lipinski definition) is 3. The summed E-state index contributed by atoms with van der Waals surface area (Å²) in [5.74, 6) is -0.262. The van der Waals surface area contributed by atoms with Crippen molar-refractivity contribution in [3.05, 3.63) is 77.5 Å². The number of hydrogen-bond donors (Lipinski definition) is 1. The third-order valence-corrected chi connectivity index (χ3v) is 4.26. The van der Waals surface area contributed by atoms with E-state index in [1.165, 1.54) is 18.2 Å². The molecule has 0 amide bonds. The van der Waals surface area contributed by atoms with Gasteiger partial charge in [-0.1, -0.05) is 24.3 Å². The molecule has 27 heavy (non-hydrogen) atoms. The van der Waals surface area contributed by atoms with Crippen molar-refractivity contribution in [2.24, 2.45) is 0 Å². The normalized spacial score (nSPS) is 15.1. The summed E-state index contributed by atoms with van der Waals surface area (Å²) in [7, 11) is 0. The first kappa shape index (κ1) is 18.7. The van der Waals surface area contributed by atoms with Crippen LogP contribution in [-0.4, -0.2) is 29.1 Å². The maximum absolute atomic E-state index is 12.8. The molecule has 1 saturated heterocycles. The minimum atomic E-state index is -4.41. The molecular formula is C20H17F3N2O2. The monoisotopic (exact) mass is 374 g/mol. The van der Waals surface area contributed by atoms with E-state index in [9.17, 15) is 18.0 Å². The van der Waals surface area contributed by atoms with Crippen molar-refractivity contribution in [2.45, 2.75) is 12.6 Å². The number of carbonyl (C=O) groups is 1. The molecule has 1 aliphatic heterocycles.